The van der Waals surface area contributed by atoms with E-state index in [4.69, 9.17) is 0 Å². The minimum absolute atomic E-state index is 0.512. The molecule has 0 bridgehead atoms. The van der Waals surface area contributed by atoms with Crippen LogP contribution in [0.4, 0.5) is 0 Å². The minimum atomic E-state index is 0.512. The summed E-state index contributed by atoms with van der Waals surface area (Å²) in [6, 6.07) is 0. The second kappa shape index (κ2) is 9.79. The molecule has 0 aliphatic heterocycles. The second-order valence-electron chi connectivity index (χ2n) is 3.02. The van der Waals surface area contributed by atoms with Crippen molar-refractivity contribution < 1.29 is 0 Å². The van der Waals surface area contributed by atoms with Crippen molar-refractivity contribution >= 4 is 31.9 Å². The van der Waals surface area contributed by atoms with Crippen LogP contribution in [0.2, 0.25) is 0 Å². The molecule has 0 fully saturated rings. The maximum absolute atomic E-state index is 3.71. The fourth-order valence-corrected chi connectivity index (χ4v) is 1.77. The first-order chi connectivity index (χ1) is 5.77. The van der Waals surface area contributed by atoms with Gasteiger partial charge in [-0.25, -0.2) is 0 Å². The zero-order valence-corrected chi connectivity index (χ0v) is 10.7. The Bertz CT molecular complexity index is 100. The molecule has 0 aromatic carbocycles. The third kappa shape index (κ3) is 10.7. The van der Waals surface area contributed by atoms with Crippen LogP contribution in [0.15, 0.2) is 12.7 Å². The topological polar surface area (TPSA) is 0 Å². The van der Waals surface area contributed by atoms with Crippen LogP contribution in [0.3, 0.4) is 0 Å². The minimum Gasteiger partial charge on any atom is -0.103 e. The van der Waals surface area contributed by atoms with Gasteiger partial charge in [-0.2, -0.15) is 0 Å². The maximum atomic E-state index is 3.71. The molecule has 0 heterocycles. The number of hydrogen-bond acceptors (Lipinski definition) is 0. The van der Waals surface area contributed by atoms with Crippen LogP contribution in [0.25, 0.3) is 0 Å². The molecular weight excluding hydrogens is 280 g/mol. The molecule has 0 aliphatic carbocycles. The fraction of sp³-hybridized carbons (Fsp3) is 0.800. The van der Waals surface area contributed by atoms with E-state index in [1.54, 1.807) is 0 Å². The zero-order valence-electron chi connectivity index (χ0n) is 7.57. The van der Waals surface area contributed by atoms with Gasteiger partial charge in [0.15, 0.2) is 0 Å². The van der Waals surface area contributed by atoms with Gasteiger partial charge >= 0.3 is 0 Å². The van der Waals surface area contributed by atoms with Crippen molar-refractivity contribution in [2.45, 2.75) is 48.7 Å². The Kier molecular flexibility index (Phi) is 10.4. The van der Waals surface area contributed by atoms with Crippen LogP contribution in [0.1, 0.15) is 44.9 Å². The third-order valence-corrected chi connectivity index (χ3v) is 2.75. The van der Waals surface area contributed by atoms with Crippen molar-refractivity contribution in [1.82, 2.24) is 0 Å². The van der Waals surface area contributed by atoms with Gasteiger partial charge < -0.3 is 0 Å². The predicted octanol–water partition coefficient (Wildman–Crippen LogP) is 5.02. The van der Waals surface area contributed by atoms with Gasteiger partial charge in [0.1, 0.15) is 0 Å². The average Bonchev–Trinajstić information content (AvgIpc) is 2.02. The van der Waals surface area contributed by atoms with Crippen LogP contribution in [-0.4, -0.2) is 3.74 Å². The quantitative estimate of drug-likeness (QED) is 0.335. The van der Waals surface area contributed by atoms with Gasteiger partial charge in [-0.1, -0.05) is 63.6 Å². The van der Waals surface area contributed by atoms with Gasteiger partial charge in [0, 0.05) is 0 Å². The van der Waals surface area contributed by atoms with E-state index in [1.807, 2.05) is 6.08 Å². The molecule has 72 valence electrons. The molecule has 0 nitrogen and oxygen atoms in total. The van der Waals surface area contributed by atoms with E-state index in [-0.39, 0.29) is 0 Å². The van der Waals surface area contributed by atoms with Gasteiger partial charge in [0.2, 0.25) is 0 Å². The SMILES string of the molecule is C=CCCCCCCCC(Br)Br. The highest BCUT2D eigenvalue weighted by atomic mass is 79.9. The van der Waals surface area contributed by atoms with E-state index in [0.717, 1.165) is 0 Å². The first kappa shape index (κ1) is 12.7. The molecule has 0 unspecified atom stereocenters. The molecule has 0 N–H and O–H groups in total. The van der Waals surface area contributed by atoms with Crippen molar-refractivity contribution in [2.24, 2.45) is 0 Å². The summed E-state index contributed by atoms with van der Waals surface area (Å²) >= 11 is 6.94. The van der Waals surface area contributed by atoms with Crippen LogP contribution in [0, 0.1) is 0 Å². The second-order valence-corrected chi connectivity index (χ2v) is 6.46. The van der Waals surface area contributed by atoms with Crippen molar-refractivity contribution in [2.75, 3.05) is 0 Å². The zero-order chi connectivity index (χ0) is 9.23. The number of unbranched alkanes of at least 4 members (excludes halogenated alkanes) is 5. The summed E-state index contributed by atoms with van der Waals surface area (Å²) in [5.41, 5.74) is 0. The van der Waals surface area contributed by atoms with Gasteiger partial charge in [-0.15, -0.1) is 6.58 Å². The Labute approximate surface area is 93.1 Å². The predicted molar refractivity (Wildman–Crippen MR) is 64.2 cm³/mol. The van der Waals surface area contributed by atoms with E-state index in [0.29, 0.717) is 3.74 Å². The Morgan fingerprint density at radius 1 is 1.00 bits per heavy atom. The molecule has 2 heteroatoms. The number of halogens is 2. The highest BCUT2D eigenvalue weighted by Crippen LogP contribution is 2.17. The monoisotopic (exact) mass is 296 g/mol. The summed E-state index contributed by atoms with van der Waals surface area (Å²) in [6.45, 7) is 3.71. The molecule has 12 heavy (non-hydrogen) atoms. The molecule has 0 radical (unpaired) electrons. The summed E-state index contributed by atoms with van der Waals surface area (Å²) in [5, 5.41) is 0. The summed E-state index contributed by atoms with van der Waals surface area (Å²) in [6.07, 6.45) is 11.2. The highest BCUT2D eigenvalue weighted by Gasteiger charge is 1.96. The van der Waals surface area contributed by atoms with Crippen molar-refractivity contribution in [3.05, 3.63) is 12.7 Å². The van der Waals surface area contributed by atoms with Crippen LogP contribution < -0.4 is 0 Å². The maximum Gasteiger partial charge on any atom is 0.0697 e. The fourth-order valence-electron chi connectivity index (χ4n) is 1.12. The lowest BCUT2D eigenvalue weighted by molar-refractivity contribution is 0.611. The Balaban J connectivity index is 2.86. The molecule has 0 spiro atoms. The molecule has 0 rings (SSSR count). The van der Waals surface area contributed by atoms with Crippen molar-refractivity contribution in [3.63, 3.8) is 0 Å². The number of rotatable bonds is 8. The number of hydrogen-bond donors (Lipinski definition) is 0. The van der Waals surface area contributed by atoms with Gasteiger partial charge in [0.05, 0.1) is 3.74 Å². The normalized spacial score (nSPS) is 10.6. The first-order valence-electron chi connectivity index (χ1n) is 4.66. The van der Waals surface area contributed by atoms with E-state index in [9.17, 15) is 0 Å². The third-order valence-electron chi connectivity index (χ3n) is 1.83. The molecule has 0 aromatic heterocycles. The summed E-state index contributed by atoms with van der Waals surface area (Å²) in [7, 11) is 0. The van der Waals surface area contributed by atoms with E-state index in [1.165, 1.54) is 44.9 Å². The lowest BCUT2D eigenvalue weighted by Crippen LogP contribution is -1.85. The Morgan fingerprint density at radius 3 is 2.17 bits per heavy atom. The van der Waals surface area contributed by atoms with E-state index >= 15 is 0 Å². The molecule has 0 aromatic rings. The number of allylic oxidation sites excluding steroid dienone is 1. The molecule has 0 aliphatic rings. The van der Waals surface area contributed by atoms with Crippen LogP contribution >= 0.6 is 31.9 Å². The van der Waals surface area contributed by atoms with Gasteiger partial charge in [-0.3, -0.25) is 0 Å². The summed E-state index contributed by atoms with van der Waals surface area (Å²) < 4.78 is 0.512. The van der Waals surface area contributed by atoms with E-state index < -0.39 is 0 Å². The lowest BCUT2D eigenvalue weighted by atomic mass is 10.1. The van der Waals surface area contributed by atoms with E-state index in [2.05, 4.69) is 38.4 Å². The smallest absolute Gasteiger partial charge is 0.0697 e. The van der Waals surface area contributed by atoms with Crippen LogP contribution in [-0.2, 0) is 0 Å². The summed E-state index contributed by atoms with van der Waals surface area (Å²) in [5.74, 6) is 0. The Morgan fingerprint density at radius 2 is 1.58 bits per heavy atom. The van der Waals surface area contributed by atoms with Gasteiger partial charge in [-0.05, 0) is 19.3 Å². The first-order valence-corrected chi connectivity index (χ1v) is 6.49. The average molecular weight is 298 g/mol. The highest BCUT2D eigenvalue weighted by molar-refractivity contribution is 9.24. The van der Waals surface area contributed by atoms with Gasteiger partial charge in [0.25, 0.3) is 0 Å². The molecule has 0 saturated heterocycles. The van der Waals surface area contributed by atoms with Crippen LogP contribution in [0.5, 0.6) is 0 Å². The molecule has 0 atom stereocenters. The largest absolute Gasteiger partial charge is 0.103 e. The number of alkyl halides is 2. The molecular formula is C10H18Br2. The molecule has 0 amide bonds. The Hall–Kier alpha value is 0.700. The van der Waals surface area contributed by atoms with Crippen molar-refractivity contribution in [1.29, 1.82) is 0 Å². The molecule has 0 saturated carbocycles. The van der Waals surface area contributed by atoms with Crippen molar-refractivity contribution in [3.8, 4) is 0 Å². The lowest BCUT2D eigenvalue weighted by Gasteiger charge is -2.01. The standard InChI is InChI=1S/C10H18Br2/c1-2-3-4-5-6-7-8-9-10(11)12/h2,10H,1,3-9H2. The summed E-state index contributed by atoms with van der Waals surface area (Å²) in [4.78, 5) is 0.